The van der Waals surface area contributed by atoms with E-state index in [0.717, 1.165) is 17.7 Å². The van der Waals surface area contributed by atoms with Crippen molar-refractivity contribution in [3.8, 4) is 11.3 Å². The summed E-state index contributed by atoms with van der Waals surface area (Å²) in [5.41, 5.74) is 3.56. The second-order valence-corrected chi connectivity index (χ2v) is 6.37. The Balaban J connectivity index is 1.60. The summed E-state index contributed by atoms with van der Waals surface area (Å²) in [5.74, 6) is 0.469. The average Bonchev–Trinajstić information content (AvgIpc) is 3.11. The van der Waals surface area contributed by atoms with Crippen LogP contribution in [0.3, 0.4) is 0 Å². The van der Waals surface area contributed by atoms with Crippen LogP contribution >= 0.6 is 0 Å². The molecule has 0 spiro atoms. The first-order valence-electron chi connectivity index (χ1n) is 7.99. The Morgan fingerprint density at radius 1 is 1.19 bits per heavy atom. The fourth-order valence-electron chi connectivity index (χ4n) is 4.00. The quantitative estimate of drug-likeness (QED) is 0.941. The molecule has 4 rings (SSSR count). The minimum atomic E-state index is -0.218. The molecule has 2 unspecified atom stereocenters. The third kappa shape index (κ3) is 2.18. The van der Waals surface area contributed by atoms with Crippen LogP contribution in [-0.2, 0) is 0 Å². The van der Waals surface area contributed by atoms with Crippen molar-refractivity contribution < 1.29 is 5.11 Å². The summed E-state index contributed by atoms with van der Waals surface area (Å²) in [6.07, 6.45) is 14.3. The summed E-state index contributed by atoms with van der Waals surface area (Å²) < 4.78 is 2.19. The molecule has 2 aromatic rings. The van der Waals surface area contributed by atoms with Crippen LogP contribution in [0.1, 0.15) is 50.1 Å². The van der Waals surface area contributed by atoms with Gasteiger partial charge in [0.15, 0.2) is 0 Å². The molecule has 1 saturated carbocycles. The van der Waals surface area contributed by atoms with Gasteiger partial charge in [-0.1, -0.05) is 19.3 Å². The SMILES string of the molecule is OC(CC1c2ccncc2-c2cncn21)C1CCCCC1. The highest BCUT2D eigenvalue weighted by atomic mass is 16.3. The zero-order valence-corrected chi connectivity index (χ0v) is 12.2. The van der Waals surface area contributed by atoms with Crippen molar-refractivity contribution in [1.29, 1.82) is 0 Å². The Morgan fingerprint density at radius 2 is 2.05 bits per heavy atom. The monoisotopic (exact) mass is 283 g/mol. The van der Waals surface area contributed by atoms with Crippen molar-refractivity contribution in [2.24, 2.45) is 5.92 Å². The Hall–Kier alpha value is -1.68. The summed E-state index contributed by atoms with van der Waals surface area (Å²) in [5, 5.41) is 10.7. The highest BCUT2D eigenvalue weighted by Crippen LogP contribution is 2.42. The number of aliphatic hydroxyl groups excluding tert-OH is 1. The van der Waals surface area contributed by atoms with E-state index in [1.54, 1.807) is 0 Å². The lowest BCUT2D eigenvalue weighted by Crippen LogP contribution is -2.26. The molecule has 0 amide bonds. The van der Waals surface area contributed by atoms with Gasteiger partial charge < -0.3 is 9.67 Å². The van der Waals surface area contributed by atoms with E-state index in [-0.39, 0.29) is 12.1 Å². The molecule has 0 saturated heterocycles. The molecular weight excluding hydrogens is 262 g/mol. The molecule has 1 aliphatic heterocycles. The van der Waals surface area contributed by atoms with Gasteiger partial charge in [-0.25, -0.2) is 4.98 Å². The number of aromatic nitrogens is 3. The minimum Gasteiger partial charge on any atom is -0.393 e. The van der Waals surface area contributed by atoms with E-state index >= 15 is 0 Å². The van der Waals surface area contributed by atoms with Gasteiger partial charge in [0.1, 0.15) is 0 Å². The minimum absolute atomic E-state index is 0.206. The number of pyridine rings is 1. The predicted molar refractivity (Wildman–Crippen MR) is 80.8 cm³/mol. The molecule has 0 aromatic carbocycles. The number of fused-ring (bicyclic) bond motifs is 3. The van der Waals surface area contributed by atoms with Gasteiger partial charge in [-0.3, -0.25) is 4.98 Å². The lowest BCUT2D eigenvalue weighted by Gasteiger charge is -2.29. The van der Waals surface area contributed by atoms with Crippen molar-refractivity contribution >= 4 is 0 Å². The van der Waals surface area contributed by atoms with Gasteiger partial charge in [0.25, 0.3) is 0 Å². The zero-order chi connectivity index (χ0) is 14.2. The Morgan fingerprint density at radius 3 is 2.90 bits per heavy atom. The summed E-state index contributed by atoms with van der Waals surface area (Å²) in [6.45, 7) is 0. The number of aliphatic hydroxyl groups is 1. The maximum Gasteiger partial charge on any atom is 0.0956 e. The maximum atomic E-state index is 10.7. The van der Waals surface area contributed by atoms with E-state index in [1.807, 2.05) is 24.9 Å². The lowest BCUT2D eigenvalue weighted by atomic mass is 9.82. The topological polar surface area (TPSA) is 50.9 Å². The van der Waals surface area contributed by atoms with Crippen molar-refractivity contribution in [3.63, 3.8) is 0 Å². The number of hydrogen-bond acceptors (Lipinski definition) is 3. The molecule has 4 nitrogen and oxygen atoms in total. The molecular formula is C17H21N3O. The molecule has 0 radical (unpaired) electrons. The summed E-state index contributed by atoms with van der Waals surface area (Å²) in [4.78, 5) is 8.50. The first kappa shape index (κ1) is 13.0. The number of rotatable bonds is 3. The first-order valence-corrected chi connectivity index (χ1v) is 7.99. The molecule has 1 fully saturated rings. The van der Waals surface area contributed by atoms with Crippen LogP contribution in [-0.4, -0.2) is 25.7 Å². The molecule has 2 aromatic heterocycles. The zero-order valence-electron chi connectivity index (χ0n) is 12.2. The number of nitrogens with zero attached hydrogens (tertiary/aromatic N) is 3. The second-order valence-electron chi connectivity index (χ2n) is 6.37. The molecule has 2 aliphatic rings. The van der Waals surface area contributed by atoms with E-state index in [0.29, 0.717) is 5.92 Å². The largest absolute Gasteiger partial charge is 0.393 e. The van der Waals surface area contributed by atoms with Gasteiger partial charge in [0.2, 0.25) is 0 Å². The smallest absolute Gasteiger partial charge is 0.0956 e. The fraction of sp³-hybridized carbons (Fsp3) is 0.529. The molecule has 110 valence electrons. The van der Waals surface area contributed by atoms with Gasteiger partial charge in [0, 0.05) is 18.0 Å². The second kappa shape index (κ2) is 5.26. The summed E-state index contributed by atoms with van der Waals surface area (Å²) in [7, 11) is 0. The van der Waals surface area contributed by atoms with Crippen molar-refractivity contribution in [3.05, 3.63) is 36.5 Å². The molecule has 0 bridgehead atoms. The van der Waals surface area contributed by atoms with E-state index < -0.39 is 0 Å². The van der Waals surface area contributed by atoms with Crippen LogP contribution in [0.2, 0.25) is 0 Å². The maximum absolute atomic E-state index is 10.7. The van der Waals surface area contributed by atoms with Crippen molar-refractivity contribution in [1.82, 2.24) is 14.5 Å². The van der Waals surface area contributed by atoms with Gasteiger partial charge in [0.05, 0.1) is 30.4 Å². The molecule has 4 heteroatoms. The van der Waals surface area contributed by atoms with Crippen LogP contribution in [0.15, 0.2) is 31.0 Å². The molecule has 21 heavy (non-hydrogen) atoms. The molecule has 1 N–H and O–H groups in total. The van der Waals surface area contributed by atoms with Crippen LogP contribution < -0.4 is 0 Å². The molecule has 3 heterocycles. The molecule has 2 atom stereocenters. The van der Waals surface area contributed by atoms with Crippen LogP contribution in [0, 0.1) is 5.92 Å². The van der Waals surface area contributed by atoms with E-state index in [1.165, 1.54) is 37.7 Å². The normalized spacial score (nSPS) is 22.8. The average molecular weight is 283 g/mol. The number of imidazole rings is 1. The first-order chi connectivity index (χ1) is 10.3. The Labute approximate surface area is 124 Å². The highest BCUT2D eigenvalue weighted by Gasteiger charge is 2.32. The fourth-order valence-corrected chi connectivity index (χ4v) is 4.00. The summed E-state index contributed by atoms with van der Waals surface area (Å²) >= 11 is 0. The predicted octanol–water partition coefficient (Wildman–Crippen LogP) is 3.18. The van der Waals surface area contributed by atoms with Crippen LogP contribution in [0.4, 0.5) is 0 Å². The van der Waals surface area contributed by atoms with E-state index in [4.69, 9.17) is 0 Å². The summed E-state index contributed by atoms with van der Waals surface area (Å²) in [6, 6.07) is 2.29. The lowest BCUT2D eigenvalue weighted by molar-refractivity contribution is 0.0686. The van der Waals surface area contributed by atoms with E-state index in [9.17, 15) is 5.11 Å². The van der Waals surface area contributed by atoms with Crippen LogP contribution in [0.25, 0.3) is 11.3 Å². The van der Waals surface area contributed by atoms with Crippen molar-refractivity contribution in [2.45, 2.75) is 50.7 Å². The number of hydrogen-bond donors (Lipinski definition) is 1. The van der Waals surface area contributed by atoms with Crippen LogP contribution in [0.5, 0.6) is 0 Å². The standard InChI is InChI=1S/C17H21N3O/c21-17(12-4-2-1-3-5-12)8-15-13-6-7-18-9-14(13)16-10-19-11-20(15)16/h6-7,9-12,15,17,21H,1-5,8H2. The van der Waals surface area contributed by atoms with Gasteiger partial charge >= 0.3 is 0 Å². The van der Waals surface area contributed by atoms with Crippen molar-refractivity contribution in [2.75, 3.05) is 0 Å². The molecule has 1 aliphatic carbocycles. The third-order valence-electron chi connectivity index (χ3n) is 5.15. The van der Waals surface area contributed by atoms with E-state index in [2.05, 4.69) is 20.6 Å². The van der Waals surface area contributed by atoms with Gasteiger partial charge in [-0.2, -0.15) is 0 Å². The van der Waals surface area contributed by atoms with Gasteiger partial charge in [-0.15, -0.1) is 0 Å². The Kier molecular flexibility index (Phi) is 3.26. The highest BCUT2D eigenvalue weighted by molar-refractivity contribution is 5.67. The Bertz CT molecular complexity index is 630. The van der Waals surface area contributed by atoms with Gasteiger partial charge in [-0.05, 0) is 36.8 Å². The third-order valence-corrected chi connectivity index (χ3v) is 5.15.